The minimum atomic E-state index is 0.252. The first-order valence-electron chi connectivity index (χ1n) is 12.2. The molecule has 2 atom stereocenters. The van der Waals surface area contributed by atoms with Crippen molar-refractivity contribution < 1.29 is 4.79 Å². The first-order valence-corrected chi connectivity index (χ1v) is 13.4. The van der Waals surface area contributed by atoms with E-state index in [0.717, 1.165) is 70.4 Å². The molecule has 8 heteroatoms. The summed E-state index contributed by atoms with van der Waals surface area (Å²) in [5.41, 5.74) is 5.40. The molecule has 0 radical (unpaired) electrons. The van der Waals surface area contributed by atoms with Crippen molar-refractivity contribution in [2.24, 2.45) is 0 Å². The number of nitrogens with zero attached hydrogens (tertiary/aromatic N) is 4. The number of carbonyl (C=O) groups excluding carboxylic acids is 1. The zero-order valence-corrected chi connectivity index (χ0v) is 21.7. The third-order valence-electron chi connectivity index (χ3n) is 7.08. The normalized spacial score (nSPS) is 22.0. The number of hydrogen-bond donors (Lipinski definition) is 1. The Labute approximate surface area is 210 Å². The second-order valence-electron chi connectivity index (χ2n) is 9.76. The number of carbonyl (C=O) groups is 1. The summed E-state index contributed by atoms with van der Waals surface area (Å²) in [6.45, 7) is 11.0. The smallest absolute Gasteiger partial charge is 0.222 e. The van der Waals surface area contributed by atoms with Gasteiger partial charge in [0.2, 0.25) is 5.91 Å². The number of piperidine rings is 1. The van der Waals surface area contributed by atoms with Crippen LogP contribution in [0.5, 0.6) is 0 Å². The molecular formula is C26H32ClN5OS. The standard InChI is InChI=1S/C26H32ClN5OS/c1-16-8-19(27)9-21(22(16)14-32-12-17(2)28-11-18(32)3)25-26-23(29-15-30-25)10-20(34-26)13-31-7-5-4-6-24(31)33/h8-10,15,17-18,28H,4-7,11-14H2,1-3H3/t17-,18+/m1/s1. The molecule has 3 aromatic rings. The molecule has 4 heterocycles. The van der Waals surface area contributed by atoms with Crippen molar-refractivity contribution in [3.8, 4) is 11.3 Å². The van der Waals surface area contributed by atoms with Gasteiger partial charge in [0, 0.05) is 60.1 Å². The van der Waals surface area contributed by atoms with Crippen molar-refractivity contribution in [2.45, 2.75) is 65.2 Å². The number of rotatable bonds is 5. The van der Waals surface area contributed by atoms with Crippen molar-refractivity contribution in [3.63, 3.8) is 0 Å². The predicted octanol–water partition coefficient (Wildman–Crippen LogP) is 5.01. The molecule has 1 aromatic carbocycles. The molecule has 2 fully saturated rings. The van der Waals surface area contributed by atoms with Crippen molar-refractivity contribution >= 4 is 39.1 Å². The van der Waals surface area contributed by atoms with Crippen LogP contribution in [0.1, 0.15) is 49.1 Å². The third kappa shape index (κ3) is 4.85. The zero-order valence-electron chi connectivity index (χ0n) is 20.1. The van der Waals surface area contributed by atoms with Crippen molar-refractivity contribution in [2.75, 3.05) is 19.6 Å². The van der Waals surface area contributed by atoms with Crippen LogP contribution in [0.3, 0.4) is 0 Å². The van der Waals surface area contributed by atoms with Crippen LogP contribution >= 0.6 is 22.9 Å². The highest BCUT2D eigenvalue weighted by Crippen LogP contribution is 2.37. The van der Waals surface area contributed by atoms with Gasteiger partial charge in [0.15, 0.2) is 0 Å². The molecule has 2 aliphatic rings. The number of aryl methyl sites for hydroxylation is 1. The largest absolute Gasteiger partial charge is 0.338 e. The highest BCUT2D eigenvalue weighted by atomic mass is 35.5. The number of aromatic nitrogens is 2. The van der Waals surface area contributed by atoms with E-state index in [-0.39, 0.29) is 5.91 Å². The minimum absolute atomic E-state index is 0.252. The van der Waals surface area contributed by atoms with E-state index in [2.05, 4.69) is 54.2 Å². The van der Waals surface area contributed by atoms with E-state index >= 15 is 0 Å². The molecule has 0 spiro atoms. The van der Waals surface area contributed by atoms with Gasteiger partial charge in [0.05, 0.1) is 22.5 Å². The van der Waals surface area contributed by atoms with Gasteiger partial charge in [0.1, 0.15) is 6.33 Å². The molecule has 34 heavy (non-hydrogen) atoms. The fourth-order valence-corrected chi connectivity index (χ4v) is 6.51. The van der Waals surface area contributed by atoms with Gasteiger partial charge in [-0.3, -0.25) is 9.69 Å². The van der Waals surface area contributed by atoms with E-state index in [4.69, 9.17) is 16.6 Å². The molecule has 1 N–H and O–H groups in total. The van der Waals surface area contributed by atoms with Gasteiger partial charge in [-0.25, -0.2) is 9.97 Å². The van der Waals surface area contributed by atoms with Gasteiger partial charge in [-0.15, -0.1) is 11.3 Å². The SMILES string of the molecule is Cc1cc(Cl)cc(-c2ncnc3cc(CN4CCCCC4=O)sc23)c1CN1C[C@@H](C)NC[C@@H]1C. The molecule has 6 nitrogen and oxygen atoms in total. The number of piperazine rings is 1. The van der Waals surface area contributed by atoms with Crippen LogP contribution in [0.15, 0.2) is 24.5 Å². The summed E-state index contributed by atoms with van der Waals surface area (Å²) in [5.74, 6) is 0.252. The predicted molar refractivity (Wildman–Crippen MR) is 139 cm³/mol. The lowest BCUT2D eigenvalue weighted by Crippen LogP contribution is -2.53. The summed E-state index contributed by atoms with van der Waals surface area (Å²) in [6, 6.07) is 7.15. The number of fused-ring (bicyclic) bond motifs is 1. The molecule has 180 valence electrons. The lowest BCUT2D eigenvalue weighted by atomic mass is 9.97. The number of halogens is 1. The van der Waals surface area contributed by atoms with E-state index in [9.17, 15) is 4.79 Å². The number of amides is 1. The van der Waals surface area contributed by atoms with Crippen molar-refractivity contribution in [3.05, 3.63) is 45.6 Å². The minimum Gasteiger partial charge on any atom is -0.338 e. The monoisotopic (exact) mass is 497 g/mol. The zero-order chi connectivity index (χ0) is 23.8. The van der Waals surface area contributed by atoms with Crippen LogP contribution in [-0.4, -0.2) is 57.4 Å². The molecule has 0 saturated carbocycles. The highest BCUT2D eigenvalue weighted by molar-refractivity contribution is 7.19. The number of nitrogens with one attached hydrogen (secondary N) is 1. The van der Waals surface area contributed by atoms with E-state index in [1.54, 1.807) is 17.7 Å². The first-order chi connectivity index (χ1) is 16.4. The Hall–Kier alpha value is -2.06. The van der Waals surface area contributed by atoms with Gasteiger partial charge in [0.25, 0.3) is 0 Å². The molecule has 0 aliphatic carbocycles. The Morgan fingerprint density at radius 1 is 1.18 bits per heavy atom. The fraction of sp³-hybridized carbons (Fsp3) is 0.500. The number of thiophene rings is 1. The molecule has 0 bridgehead atoms. The Balaban J connectivity index is 1.53. The summed E-state index contributed by atoms with van der Waals surface area (Å²) in [5, 5.41) is 4.29. The average Bonchev–Trinajstić information content (AvgIpc) is 3.22. The summed E-state index contributed by atoms with van der Waals surface area (Å²) in [6.07, 6.45) is 4.38. The molecular weight excluding hydrogens is 466 g/mol. The number of hydrogen-bond acceptors (Lipinski definition) is 6. The second-order valence-corrected chi connectivity index (χ2v) is 11.3. The van der Waals surface area contributed by atoms with Crippen LogP contribution in [0.2, 0.25) is 5.02 Å². The fourth-order valence-electron chi connectivity index (χ4n) is 5.11. The van der Waals surface area contributed by atoms with Gasteiger partial charge in [-0.2, -0.15) is 0 Å². The molecule has 1 amide bonds. The van der Waals surface area contributed by atoms with Crippen molar-refractivity contribution in [1.82, 2.24) is 25.1 Å². The van der Waals surface area contributed by atoms with Crippen molar-refractivity contribution in [1.29, 1.82) is 0 Å². The summed E-state index contributed by atoms with van der Waals surface area (Å²) >= 11 is 8.26. The number of likely N-dealkylation sites (tertiary alicyclic amines) is 1. The van der Waals surface area contributed by atoms with Crippen LogP contribution in [0.25, 0.3) is 21.5 Å². The average molecular weight is 498 g/mol. The summed E-state index contributed by atoms with van der Waals surface area (Å²) in [7, 11) is 0. The maximum Gasteiger partial charge on any atom is 0.222 e. The van der Waals surface area contributed by atoms with Crippen LogP contribution < -0.4 is 5.32 Å². The third-order valence-corrected chi connectivity index (χ3v) is 8.41. The van der Waals surface area contributed by atoms with E-state index in [0.29, 0.717) is 25.0 Å². The van der Waals surface area contributed by atoms with Crippen LogP contribution in [0, 0.1) is 6.92 Å². The first kappa shape index (κ1) is 23.7. The number of benzene rings is 1. The molecule has 2 aromatic heterocycles. The Bertz CT molecular complexity index is 1210. The van der Waals surface area contributed by atoms with E-state index in [1.807, 2.05) is 4.90 Å². The van der Waals surface area contributed by atoms with Crippen LogP contribution in [0.4, 0.5) is 0 Å². The summed E-state index contributed by atoms with van der Waals surface area (Å²) < 4.78 is 1.06. The topological polar surface area (TPSA) is 61.4 Å². The lowest BCUT2D eigenvalue weighted by molar-refractivity contribution is -0.133. The van der Waals surface area contributed by atoms with Gasteiger partial charge in [-0.1, -0.05) is 11.6 Å². The maximum absolute atomic E-state index is 12.3. The highest BCUT2D eigenvalue weighted by Gasteiger charge is 2.25. The van der Waals surface area contributed by atoms with E-state index in [1.165, 1.54) is 11.1 Å². The summed E-state index contributed by atoms with van der Waals surface area (Å²) in [4.78, 5) is 27.3. The molecule has 5 rings (SSSR count). The van der Waals surface area contributed by atoms with E-state index < -0.39 is 0 Å². The quantitative estimate of drug-likeness (QED) is 0.536. The maximum atomic E-state index is 12.3. The Morgan fingerprint density at radius 2 is 2.03 bits per heavy atom. The second kappa shape index (κ2) is 9.90. The van der Waals surface area contributed by atoms with Crippen LogP contribution in [-0.2, 0) is 17.9 Å². The Morgan fingerprint density at radius 3 is 2.85 bits per heavy atom. The van der Waals surface area contributed by atoms with Gasteiger partial charge < -0.3 is 10.2 Å². The van der Waals surface area contributed by atoms with Gasteiger partial charge >= 0.3 is 0 Å². The molecule has 2 saturated heterocycles. The Kier molecular flexibility index (Phi) is 6.89. The molecule has 2 aliphatic heterocycles. The molecule has 0 unspecified atom stereocenters. The van der Waals surface area contributed by atoms with Gasteiger partial charge in [-0.05, 0) is 62.9 Å². The lowest BCUT2D eigenvalue weighted by Gasteiger charge is -2.38.